The lowest BCUT2D eigenvalue weighted by Crippen LogP contribution is -2.39. The molecular weight excluding hydrogens is 224 g/mol. The Kier molecular flexibility index (Phi) is 9.14. The first-order chi connectivity index (χ1) is 8.10. The van der Waals surface area contributed by atoms with E-state index in [1.807, 2.05) is 5.48 Å². The fraction of sp³-hybridized carbons (Fsp3) is 0.818. The maximum atomic E-state index is 11.2. The van der Waals surface area contributed by atoms with Crippen LogP contribution in [-0.2, 0) is 9.63 Å². The van der Waals surface area contributed by atoms with Crippen LogP contribution >= 0.6 is 0 Å². The topological polar surface area (TPSA) is 87.7 Å². The van der Waals surface area contributed by atoms with Gasteiger partial charge in [-0.3, -0.25) is 4.84 Å². The molecule has 0 rings (SSSR count). The number of carbonyl (C=O) groups is 2. The zero-order chi connectivity index (χ0) is 13.1. The van der Waals surface area contributed by atoms with Gasteiger partial charge in [0.1, 0.15) is 0 Å². The second-order valence-electron chi connectivity index (χ2n) is 3.91. The molecule has 0 fully saturated rings. The predicted octanol–water partition coefficient (Wildman–Crippen LogP) is 1.52. The Balaban J connectivity index is 3.62. The first-order valence-corrected chi connectivity index (χ1v) is 5.97. The summed E-state index contributed by atoms with van der Waals surface area (Å²) in [5.74, 6) is -0.667. The van der Waals surface area contributed by atoms with Crippen LogP contribution in [0.4, 0.5) is 4.79 Å². The molecule has 0 heterocycles. The highest BCUT2D eigenvalue weighted by atomic mass is 16.7. The Hall–Kier alpha value is -1.30. The molecule has 0 aromatic carbocycles. The molecule has 0 aliphatic heterocycles. The molecule has 17 heavy (non-hydrogen) atoms. The zero-order valence-corrected chi connectivity index (χ0v) is 10.5. The largest absolute Gasteiger partial charge is 0.479 e. The molecule has 6 nitrogen and oxygen atoms in total. The number of carboxylic acids is 1. The fourth-order valence-corrected chi connectivity index (χ4v) is 1.38. The van der Waals surface area contributed by atoms with Crippen LogP contribution in [0.15, 0.2) is 0 Å². The summed E-state index contributed by atoms with van der Waals surface area (Å²) < 4.78 is 0. The van der Waals surface area contributed by atoms with E-state index in [9.17, 15) is 9.59 Å². The summed E-state index contributed by atoms with van der Waals surface area (Å²) >= 11 is 0. The molecule has 0 saturated carbocycles. The third kappa shape index (κ3) is 9.62. The highest BCUT2D eigenvalue weighted by molar-refractivity contribution is 5.73. The summed E-state index contributed by atoms with van der Waals surface area (Å²) in [6.45, 7) is 4.26. The second kappa shape index (κ2) is 9.89. The number of hydroxylamine groups is 1. The van der Waals surface area contributed by atoms with Crippen molar-refractivity contribution in [2.45, 2.75) is 39.5 Å². The van der Waals surface area contributed by atoms with Gasteiger partial charge in [0.25, 0.3) is 0 Å². The van der Waals surface area contributed by atoms with Crippen LogP contribution in [0.1, 0.15) is 39.5 Å². The average molecular weight is 246 g/mol. The lowest BCUT2D eigenvalue weighted by molar-refractivity contribution is -0.144. The molecule has 0 spiro atoms. The highest BCUT2D eigenvalue weighted by Crippen LogP contribution is 2.10. The van der Waals surface area contributed by atoms with Gasteiger partial charge in [-0.1, -0.05) is 33.1 Å². The van der Waals surface area contributed by atoms with Gasteiger partial charge in [0.15, 0.2) is 6.61 Å². The summed E-state index contributed by atoms with van der Waals surface area (Å²) in [4.78, 5) is 25.7. The number of carboxylic acid groups (broad SMARTS) is 1. The lowest BCUT2D eigenvalue weighted by Gasteiger charge is -2.15. The summed E-state index contributed by atoms with van der Waals surface area (Å²) in [6.07, 6.45) is 4.39. The van der Waals surface area contributed by atoms with Gasteiger partial charge in [-0.25, -0.2) is 15.1 Å². The van der Waals surface area contributed by atoms with E-state index >= 15 is 0 Å². The Morgan fingerprint density at radius 2 is 2.06 bits per heavy atom. The van der Waals surface area contributed by atoms with E-state index < -0.39 is 18.6 Å². The maximum Gasteiger partial charge on any atom is 0.338 e. The Bertz CT molecular complexity index is 234. The van der Waals surface area contributed by atoms with Crippen molar-refractivity contribution in [2.75, 3.05) is 13.2 Å². The third-order valence-corrected chi connectivity index (χ3v) is 2.46. The van der Waals surface area contributed by atoms with E-state index in [4.69, 9.17) is 5.11 Å². The van der Waals surface area contributed by atoms with Crippen LogP contribution in [0.3, 0.4) is 0 Å². The standard InChI is InChI=1S/C11H22N2O4/c1-3-5-6-9(4-2)7-12-11(16)13-17-8-10(14)15/h9H,3-8H2,1-2H3,(H,14,15)(H2,12,13,16). The molecule has 0 aromatic rings. The van der Waals surface area contributed by atoms with Crippen molar-refractivity contribution in [3.05, 3.63) is 0 Å². The van der Waals surface area contributed by atoms with Crippen molar-refractivity contribution in [1.29, 1.82) is 0 Å². The molecule has 0 aliphatic carbocycles. The molecule has 0 saturated heterocycles. The molecular formula is C11H22N2O4. The molecule has 0 radical (unpaired) electrons. The lowest BCUT2D eigenvalue weighted by atomic mass is 9.99. The van der Waals surface area contributed by atoms with E-state index in [1.54, 1.807) is 0 Å². The minimum atomic E-state index is -1.13. The molecule has 0 aliphatic rings. The smallest absolute Gasteiger partial charge is 0.338 e. The number of urea groups is 1. The minimum absolute atomic E-state index is 0.458. The zero-order valence-electron chi connectivity index (χ0n) is 10.5. The van der Waals surface area contributed by atoms with E-state index in [2.05, 4.69) is 24.0 Å². The normalized spacial score (nSPS) is 11.9. The van der Waals surface area contributed by atoms with Gasteiger partial charge in [0, 0.05) is 6.54 Å². The minimum Gasteiger partial charge on any atom is -0.479 e. The second-order valence-corrected chi connectivity index (χ2v) is 3.91. The van der Waals surface area contributed by atoms with Crippen molar-refractivity contribution in [3.63, 3.8) is 0 Å². The van der Waals surface area contributed by atoms with Crippen molar-refractivity contribution in [1.82, 2.24) is 10.8 Å². The van der Waals surface area contributed by atoms with Crippen LogP contribution in [0.25, 0.3) is 0 Å². The van der Waals surface area contributed by atoms with Crippen molar-refractivity contribution < 1.29 is 19.5 Å². The fourth-order valence-electron chi connectivity index (χ4n) is 1.38. The number of hydrogen-bond donors (Lipinski definition) is 3. The SMILES string of the molecule is CCCCC(CC)CNC(=O)NOCC(=O)O. The van der Waals surface area contributed by atoms with Crippen LogP contribution in [-0.4, -0.2) is 30.3 Å². The van der Waals surface area contributed by atoms with Crippen LogP contribution in [0, 0.1) is 5.92 Å². The molecule has 1 unspecified atom stereocenters. The van der Waals surface area contributed by atoms with Gasteiger partial charge in [0.05, 0.1) is 0 Å². The molecule has 100 valence electrons. The van der Waals surface area contributed by atoms with Crippen molar-refractivity contribution in [2.24, 2.45) is 5.92 Å². The van der Waals surface area contributed by atoms with Crippen LogP contribution in [0.5, 0.6) is 0 Å². The van der Waals surface area contributed by atoms with Crippen LogP contribution < -0.4 is 10.8 Å². The molecule has 1 atom stereocenters. The van der Waals surface area contributed by atoms with Gasteiger partial charge in [0.2, 0.25) is 0 Å². The molecule has 2 amide bonds. The molecule has 0 bridgehead atoms. The Morgan fingerprint density at radius 3 is 2.59 bits per heavy atom. The first-order valence-electron chi connectivity index (χ1n) is 5.97. The van der Waals surface area contributed by atoms with E-state index in [0.717, 1.165) is 25.7 Å². The molecule has 6 heteroatoms. The van der Waals surface area contributed by atoms with E-state index in [0.29, 0.717) is 12.5 Å². The van der Waals surface area contributed by atoms with Gasteiger partial charge in [-0.05, 0) is 12.3 Å². The van der Waals surface area contributed by atoms with E-state index in [-0.39, 0.29) is 0 Å². The van der Waals surface area contributed by atoms with Gasteiger partial charge >= 0.3 is 12.0 Å². The quantitative estimate of drug-likeness (QED) is 0.538. The number of carbonyl (C=O) groups excluding carboxylic acids is 1. The predicted molar refractivity (Wildman–Crippen MR) is 63.4 cm³/mol. The summed E-state index contributed by atoms with van der Waals surface area (Å²) in [6, 6.07) is -0.499. The average Bonchev–Trinajstić information content (AvgIpc) is 2.29. The summed E-state index contributed by atoms with van der Waals surface area (Å²) in [5, 5.41) is 10.9. The van der Waals surface area contributed by atoms with Gasteiger partial charge < -0.3 is 10.4 Å². The third-order valence-electron chi connectivity index (χ3n) is 2.46. The Morgan fingerprint density at radius 1 is 1.35 bits per heavy atom. The number of unbranched alkanes of at least 4 members (excludes halogenated alkanes) is 1. The summed E-state index contributed by atoms with van der Waals surface area (Å²) in [7, 11) is 0. The number of aliphatic carboxylic acids is 1. The highest BCUT2D eigenvalue weighted by Gasteiger charge is 2.08. The monoisotopic (exact) mass is 246 g/mol. The summed E-state index contributed by atoms with van der Waals surface area (Å²) in [5.41, 5.74) is 2.02. The Labute approximate surface area is 102 Å². The molecule has 0 aromatic heterocycles. The number of amides is 2. The number of rotatable bonds is 9. The van der Waals surface area contributed by atoms with Gasteiger partial charge in [-0.15, -0.1) is 0 Å². The van der Waals surface area contributed by atoms with Gasteiger partial charge in [-0.2, -0.15) is 0 Å². The number of hydrogen-bond acceptors (Lipinski definition) is 3. The first kappa shape index (κ1) is 15.7. The maximum absolute atomic E-state index is 11.2. The van der Waals surface area contributed by atoms with E-state index in [1.165, 1.54) is 0 Å². The van der Waals surface area contributed by atoms with Crippen LogP contribution in [0.2, 0.25) is 0 Å². The number of nitrogens with one attached hydrogen (secondary N) is 2. The van der Waals surface area contributed by atoms with Crippen molar-refractivity contribution in [3.8, 4) is 0 Å². The van der Waals surface area contributed by atoms with Crippen molar-refractivity contribution >= 4 is 12.0 Å². The molecule has 3 N–H and O–H groups in total.